The number of ether oxygens (including phenoxy) is 2. The fraction of sp³-hybridized carbons (Fsp3) is 0.160. The molecule has 0 spiro atoms. The topological polar surface area (TPSA) is 134 Å². The molecule has 34 heavy (non-hydrogen) atoms. The Morgan fingerprint density at radius 2 is 1.35 bits per heavy atom. The Morgan fingerprint density at radius 1 is 0.794 bits per heavy atom. The van der Waals surface area contributed by atoms with Crippen LogP contribution in [0.15, 0.2) is 78.9 Å². The average molecular weight is 464 g/mol. The van der Waals surface area contributed by atoms with E-state index in [0.29, 0.717) is 6.54 Å². The fourth-order valence-electron chi connectivity index (χ4n) is 3.23. The van der Waals surface area contributed by atoms with Crippen LogP contribution in [0.25, 0.3) is 0 Å². The molecule has 0 atom stereocenters. The van der Waals surface area contributed by atoms with Crippen LogP contribution >= 0.6 is 0 Å². The van der Waals surface area contributed by atoms with Gasteiger partial charge in [-0.1, -0.05) is 66.7 Å². The number of amides is 1. The lowest BCUT2D eigenvalue weighted by atomic mass is 9.99. The highest BCUT2D eigenvalue weighted by Gasteiger charge is 2.16. The molecule has 4 rings (SSSR count). The number of carbonyl (C=O) groups is 3. The van der Waals surface area contributed by atoms with Gasteiger partial charge in [0.15, 0.2) is 11.5 Å². The summed E-state index contributed by atoms with van der Waals surface area (Å²) in [5.41, 5.74) is 3.22. The number of benzene rings is 3. The summed E-state index contributed by atoms with van der Waals surface area (Å²) >= 11 is 0. The Hall–Kier alpha value is -4.37. The highest BCUT2D eigenvalue weighted by molar-refractivity contribution is 6.27. The molecular formula is C25H24N2O7. The molecule has 0 saturated heterocycles. The van der Waals surface area contributed by atoms with E-state index in [9.17, 15) is 4.79 Å². The molecule has 1 heterocycles. The zero-order chi connectivity index (χ0) is 24.3. The Bertz CT molecular complexity index is 1070. The molecule has 0 unspecified atom stereocenters. The third-order valence-electron chi connectivity index (χ3n) is 4.84. The van der Waals surface area contributed by atoms with E-state index in [1.807, 2.05) is 54.6 Å². The quantitative estimate of drug-likeness (QED) is 0.392. The van der Waals surface area contributed by atoms with Gasteiger partial charge in [0.05, 0.1) is 12.6 Å². The molecular weight excluding hydrogens is 440 g/mol. The van der Waals surface area contributed by atoms with Crippen molar-refractivity contribution in [2.24, 2.45) is 0 Å². The number of aliphatic carboxylic acids is 2. The average Bonchev–Trinajstić information content (AvgIpc) is 3.32. The maximum atomic E-state index is 12.4. The Kier molecular flexibility index (Phi) is 8.59. The van der Waals surface area contributed by atoms with E-state index in [1.54, 1.807) is 0 Å². The van der Waals surface area contributed by atoms with Crippen molar-refractivity contribution in [2.45, 2.75) is 12.6 Å². The zero-order valence-corrected chi connectivity index (χ0v) is 18.1. The molecule has 176 valence electrons. The predicted octanol–water partition coefficient (Wildman–Crippen LogP) is 2.57. The van der Waals surface area contributed by atoms with Crippen LogP contribution in [-0.4, -0.2) is 41.4 Å². The third kappa shape index (κ3) is 7.07. The second-order valence-electron chi connectivity index (χ2n) is 7.21. The van der Waals surface area contributed by atoms with E-state index in [-0.39, 0.29) is 25.3 Å². The van der Waals surface area contributed by atoms with Crippen molar-refractivity contribution in [1.82, 2.24) is 10.6 Å². The van der Waals surface area contributed by atoms with Gasteiger partial charge >= 0.3 is 11.9 Å². The van der Waals surface area contributed by atoms with Gasteiger partial charge in [-0.25, -0.2) is 9.59 Å². The van der Waals surface area contributed by atoms with Crippen molar-refractivity contribution in [2.75, 3.05) is 13.3 Å². The van der Waals surface area contributed by atoms with Crippen molar-refractivity contribution in [3.63, 3.8) is 0 Å². The third-order valence-corrected chi connectivity index (χ3v) is 4.84. The first kappa shape index (κ1) is 24.3. The molecule has 9 nitrogen and oxygen atoms in total. The molecule has 1 aliphatic rings. The lowest BCUT2D eigenvalue weighted by Crippen LogP contribution is -2.35. The molecule has 3 aromatic rings. The predicted molar refractivity (Wildman–Crippen MR) is 122 cm³/mol. The number of fused-ring (bicyclic) bond motifs is 1. The minimum atomic E-state index is -1.82. The summed E-state index contributed by atoms with van der Waals surface area (Å²) in [6.45, 7) is 0.910. The number of nitrogens with one attached hydrogen (secondary N) is 2. The number of rotatable bonds is 7. The molecule has 0 aliphatic carbocycles. The normalized spacial score (nSPS) is 11.3. The van der Waals surface area contributed by atoms with E-state index >= 15 is 0 Å². The Morgan fingerprint density at radius 3 is 1.91 bits per heavy atom. The molecule has 0 saturated carbocycles. The van der Waals surface area contributed by atoms with E-state index < -0.39 is 11.9 Å². The van der Waals surface area contributed by atoms with Crippen LogP contribution in [0, 0.1) is 0 Å². The van der Waals surface area contributed by atoms with E-state index in [0.717, 1.165) is 28.2 Å². The maximum Gasteiger partial charge on any atom is 0.414 e. The highest BCUT2D eigenvalue weighted by Crippen LogP contribution is 2.32. The van der Waals surface area contributed by atoms with Crippen molar-refractivity contribution < 1.29 is 34.1 Å². The van der Waals surface area contributed by atoms with Gasteiger partial charge in [0.25, 0.3) is 0 Å². The molecule has 9 heteroatoms. The van der Waals surface area contributed by atoms with Crippen molar-refractivity contribution in [3.05, 3.63) is 95.6 Å². The molecule has 1 amide bonds. The summed E-state index contributed by atoms with van der Waals surface area (Å²) in [6.07, 6.45) is 0. The summed E-state index contributed by atoms with van der Waals surface area (Å²) < 4.78 is 10.7. The molecule has 0 fully saturated rings. The van der Waals surface area contributed by atoms with Gasteiger partial charge in [-0.15, -0.1) is 0 Å². The van der Waals surface area contributed by atoms with E-state index in [1.165, 1.54) is 0 Å². The minimum Gasteiger partial charge on any atom is -0.473 e. The summed E-state index contributed by atoms with van der Waals surface area (Å²) in [4.78, 5) is 30.6. The van der Waals surface area contributed by atoms with Crippen LogP contribution < -0.4 is 20.1 Å². The van der Waals surface area contributed by atoms with Gasteiger partial charge in [-0.2, -0.15) is 0 Å². The van der Waals surface area contributed by atoms with Gasteiger partial charge in [-0.05, 0) is 28.8 Å². The van der Waals surface area contributed by atoms with E-state index in [4.69, 9.17) is 29.3 Å². The van der Waals surface area contributed by atoms with Gasteiger partial charge < -0.3 is 25.0 Å². The lowest BCUT2D eigenvalue weighted by molar-refractivity contribution is -0.159. The molecule has 3 aromatic carbocycles. The van der Waals surface area contributed by atoms with Gasteiger partial charge in [0, 0.05) is 6.54 Å². The number of carboxylic acid groups (broad SMARTS) is 2. The molecule has 0 radical (unpaired) electrons. The lowest BCUT2D eigenvalue weighted by Gasteiger charge is -2.19. The standard InChI is InChI=1S/C23H22N2O3.C2H2O4/c26-22(24-14-17-11-12-20-21(13-17)28-16-27-20)15-25-23(18-7-3-1-4-8-18)19-9-5-2-6-10-19;3-1(4)2(5)6/h1-13,23,25H,14-16H2,(H,24,26);(H,3,4)(H,5,6). The van der Waals surface area contributed by atoms with Crippen LogP contribution in [-0.2, 0) is 20.9 Å². The minimum absolute atomic E-state index is 0.0429. The molecule has 0 aromatic heterocycles. The number of hydrogen-bond acceptors (Lipinski definition) is 6. The number of carbonyl (C=O) groups excluding carboxylic acids is 1. The first-order valence-electron chi connectivity index (χ1n) is 10.4. The maximum absolute atomic E-state index is 12.4. The highest BCUT2D eigenvalue weighted by atomic mass is 16.7. The fourth-order valence-corrected chi connectivity index (χ4v) is 3.23. The molecule has 0 bridgehead atoms. The molecule has 4 N–H and O–H groups in total. The van der Waals surface area contributed by atoms with Crippen molar-refractivity contribution >= 4 is 17.8 Å². The molecule has 1 aliphatic heterocycles. The Balaban J connectivity index is 0.000000481. The summed E-state index contributed by atoms with van der Waals surface area (Å²) in [7, 11) is 0. The summed E-state index contributed by atoms with van der Waals surface area (Å²) in [5, 5.41) is 21.1. The van der Waals surface area contributed by atoms with Crippen LogP contribution in [0.3, 0.4) is 0 Å². The van der Waals surface area contributed by atoms with Crippen LogP contribution in [0.4, 0.5) is 0 Å². The van der Waals surface area contributed by atoms with Crippen LogP contribution in [0.2, 0.25) is 0 Å². The monoisotopic (exact) mass is 464 g/mol. The second kappa shape index (κ2) is 12.0. The summed E-state index contributed by atoms with van der Waals surface area (Å²) in [5.74, 6) is -2.25. The van der Waals surface area contributed by atoms with Gasteiger partial charge in [0.1, 0.15) is 0 Å². The van der Waals surface area contributed by atoms with Gasteiger partial charge in [-0.3, -0.25) is 10.1 Å². The van der Waals surface area contributed by atoms with Crippen molar-refractivity contribution in [1.29, 1.82) is 0 Å². The zero-order valence-electron chi connectivity index (χ0n) is 18.1. The first-order valence-corrected chi connectivity index (χ1v) is 10.4. The van der Waals surface area contributed by atoms with E-state index in [2.05, 4.69) is 34.9 Å². The van der Waals surface area contributed by atoms with Crippen LogP contribution in [0.5, 0.6) is 11.5 Å². The Labute approximate surface area is 196 Å². The second-order valence-corrected chi connectivity index (χ2v) is 7.21. The smallest absolute Gasteiger partial charge is 0.414 e. The van der Waals surface area contributed by atoms with Gasteiger partial charge in [0.2, 0.25) is 12.7 Å². The SMILES string of the molecule is O=C(CNC(c1ccccc1)c1ccccc1)NCc1ccc2c(c1)OCO2.O=C(O)C(=O)O. The van der Waals surface area contributed by atoms with Crippen molar-refractivity contribution in [3.8, 4) is 11.5 Å². The summed E-state index contributed by atoms with van der Waals surface area (Å²) in [6, 6.07) is 25.9. The number of carboxylic acids is 2. The number of hydrogen-bond donors (Lipinski definition) is 4. The van der Waals surface area contributed by atoms with Crippen LogP contribution in [0.1, 0.15) is 22.7 Å². The largest absolute Gasteiger partial charge is 0.473 e. The first-order chi connectivity index (χ1) is 16.4.